The van der Waals surface area contributed by atoms with Gasteiger partial charge in [0.2, 0.25) is 23.6 Å². The number of hydrogen-bond donors (Lipinski definition) is 6. The number of nitrogens with one attached hydrogen (secondary N) is 4. The summed E-state index contributed by atoms with van der Waals surface area (Å²) < 4.78 is 0. The third-order valence-corrected chi connectivity index (χ3v) is 6.28. The lowest BCUT2D eigenvalue weighted by Crippen LogP contribution is -2.58. The van der Waals surface area contributed by atoms with Gasteiger partial charge in [0.05, 0.1) is 6.04 Å². The summed E-state index contributed by atoms with van der Waals surface area (Å²) in [5.74, 6) is -2.61. The van der Waals surface area contributed by atoms with Gasteiger partial charge in [0.25, 0.3) is 0 Å². The molecule has 208 valence electrons. The molecule has 0 heterocycles. The van der Waals surface area contributed by atoms with Crippen LogP contribution in [0.2, 0.25) is 0 Å². The molecule has 0 radical (unpaired) electrons. The maximum absolute atomic E-state index is 13.1. The Bertz CT molecular complexity index is 723. The third-order valence-electron chi connectivity index (χ3n) is 5.63. The van der Waals surface area contributed by atoms with Gasteiger partial charge in [0.15, 0.2) is 0 Å². The Hall–Kier alpha value is -2.34. The van der Waals surface area contributed by atoms with Crippen LogP contribution in [-0.4, -0.2) is 76.9 Å². The van der Waals surface area contributed by atoms with Crippen molar-refractivity contribution in [1.82, 2.24) is 21.3 Å². The standard InChI is InChI=1S/C24H45N5O6S/c1-6-10-16(26-20(30)15(25)9-4)21(31)28-18(13-14-36-5)23(33)27-17(11-7-2)22(32)29-19(12-8-3)24(34)35/h15-19H,6-14,25H2,1-5H3,(H,26,30)(H,27,33)(H,28,31)(H,29,32)(H,34,35). The van der Waals surface area contributed by atoms with Crippen LogP contribution in [-0.2, 0) is 24.0 Å². The van der Waals surface area contributed by atoms with Crippen molar-refractivity contribution in [2.24, 2.45) is 5.73 Å². The summed E-state index contributed by atoms with van der Waals surface area (Å²) in [5.41, 5.74) is 5.77. The summed E-state index contributed by atoms with van der Waals surface area (Å²) in [6.45, 7) is 7.31. The summed E-state index contributed by atoms with van der Waals surface area (Å²) in [7, 11) is 0. The molecule has 0 aliphatic heterocycles. The van der Waals surface area contributed by atoms with Crippen molar-refractivity contribution >= 4 is 41.4 Å². The van der Waals surface area contributed by atoms with Gasteiger partial charge in [0.1, 0.15) is 24.2 Å². The topological polar surface area (TPSA) is 180 Å². The fourth-order valence-electron chi connectivity index (χ4n) is 3.45. The molecule has 0 fully saturated rings. The Kier molecular flexibility index (Phi) is 17.6. The monoisotopic (exact) mass is 531 g/mol. The number of rotatable bonds is 19. The van der Waals surface area contributed by atoms with Crippen LogP contribution in [0.3, 0.4) is 0 Å². The second-order valence-electron chi connectivity index (χ2n) is 8.75. The van der Waals surface area contributed by atoms with Gasteiger partial charge < -0.3 is 32.1 Å². The molecule has 4 amide bonds. The molecular weight excluding hydrogens is 486 g/mol. The molecular formula is C24H45N5O6S. The quantitative estimate of drug-likeness (QED) is 0.142. The number of nitrogens with two attached hydrogens (primary N) is 1. The Labute approximate surface area is 218 Å². The first-order valence-electron chi connectivity index (χ1n) is 12.7. The molecule has 0 saturated carbocycles. The number of carboxylic acids is 1. The number of aliphatic carboxylic acids is 1. The van der Waals surface area contributed by atoms with Crippen molar-refractivity contribution in [2.75, 3.05) is 12.0 Å². The van der Waals surface area contributed by atoms with Crippen LogP contribution in [0, 0.1) is 0 Å². The zero-order valence-corrected chi connectivity index (χ0v) is 23.0. The lowest BCUT2D eigenvalue weighted by atomic mass is 10.1. The van der Waals surface area contributed by atoms with Gasteiger partial charge in [-0.05, 0) is 44.1 Å². The average Bonchev–Trinajstić information content (AvgIpc) is 2.84. The van der Waals surface area contributed by atoms with Crippen LogP contribution in [0.4, 0.5) is 0 Å². The maximum atomic E-state index is 13.1. The first-order chi connectivity index (χ1) is 17.1. The molecule has 0 aromatic rings. The highest BCUT2D eigenvalue weighted by Crippen LogP contribution is 2.07. The van der Waals surface area contributed by atoms with Crippen molar-refractivity contribution in [3.05, 3.63) is 0 Å². The Morgan fingerprint density at radius 3 is 1.39 bits per heavy atom. The van der Waals surface area contributed by atoms with Gasteiger partial charge in [-0.2, -0.15) is 11.8 Å². The van der Waals surface area contributed by atoms with E-state index in [2.05, 4.69) is 21.3 Å². The zero-order chi connectivity index (χ0) is 27.7. The minimum Gasteiger partial charge on any atom is -0.480 e. The molecule has 0 aromatic carbocycles. The predicted molar refractivity (Wildman–Crippen MR) is 141 cm³/mol. The van der Waals surface area contributed by atoms with Crippen molar-refractivity contribution in [3.63, 3.8) is 0 Å². The fourth-order valence-corrected chi connectivity index (χ4v) is 3.92. The highest BCUT2D eigenvalue weighted by Gasteiger charge is 2.30. The maximum Gasteiger partial charge on any atom is 0.326 e. The zero-order valence-electron chi connectivity index (χ0n) is 22.2. The normalized spacial score (nSPS) is 15.1. The highest BCUT2D eigenvalue weighted by atomic mass is 32.2. The van der Waals surface area contributed by atoms with Gasteiger partial charge in [0, 0.05) is 0 Å². The molecule has 7 N–H and O–H groups in total. The number of amides is 4. The van der Waals surface area contributed by atoms with E-state index in [-0.39, 0.29) is 6.42 Å². The minimum atomic E-state index is -1.14. The van der Waals surface area contributed by atoms with Gasteiger partial charge in [-0.3, -0.25) is 19.2 Å². The van der Waals surface area contributed by atoms with Crippen LogP contribution in [0.25, 0.3) is 0 Å². The van der Waals surface area contributed by atoms with E-state index in [1.54, 1.807) is 6.92 Å². The van der Waals surface area contributed by atoms with E-state index in [1.165, 1.54) is 11.8 Å². The largest absolute Gasteiger partial charge is 0.480 e. The number of carbonyl (C=O) groups excluding carboxylic acids is 4. The van der Waals surface area contributed by atoms with Crippen LogP contribution in [0.1, 0.15) is 79.1 Å². The minimum absolute atomic E-state index is 0.270. The molecule has 11 nitrogen and oxygen atoms in total. The molecule has 0 bridgehead atoms. The van der Waals surface area contributed by atoms with Crippen molar-refractivity contribution in [3.8, 4) is 0 Å². The number of thioether (sulfide) groups is 1. The van der Waals surface area contributed by atoms with E-state index in [0.29, 0.717) is 50.7 Å². The summed E-state index contributed by atoms with van der Waals surface area (Å²) in [6.07, 6.45) is 5.34. The second-order valence-corrected chi connectivity index (χ2v) is 9.73. The SMILES string of the molecule is CCCC(NC(=O)C(CCC)NC(=O)C(CCSC)NC(=O)C(CCC)NC(=O)C(N)CC)C(=O)O. The van der Waals surface area contributed by atoms with E-state index in [9.17, 15) is 29.1 Å². The number of carboxylic acid groups (broad SMARTS) is 1. The first kappa shape index (κ1) is 33.7. The van der Waals surface area contributed by atoms with Crippen LogP contribution < -0.4 is 27.0 Å². The van der Waals surface area contributed by atoms with Crippen LogP contribution in [0.5, 0.6) is 0 Å². The Morgan fingerprint density at radius 1 is 0.667 bits per heavy atom. The lowest BCUT2D eigenvalue weighted by molar-refractivity contribution is -0.142. The van der Waals surface area contributed by atoms with E-state index in [1.807, 2.05) is 27.0 Å². The molecule has 5 unspecified atom stereocenters. The average molecular weight is 532 g/mol. The smallest absolute Gasteiger partial charge is 0.326 e. The molecule has 5 atom stereocenters. The molecule has 0 aliphatic carbocycles. The molecule has 0 saturated heterocycles. The summed E-state index contributed by atoms with van der Waals surface area (Å²) in [5, 5.41) is 19.9. The van der Waals surface area contributed by atoms with Gasteiger partial charge in [-0.25, -0.2) is 4.79 Å². The second kappa shape index (κ2) is 18.9. The molecule has 0 aromatic heterocycles. The van der Waals surface area contributed by atoms with Crippen molar-refractivity contribution in [2.45, 2.75) is 109 Å². The van der Waals surface area contributed by atoms with Gasteiger partial charge in [-0.15, -0.1) is 0 Å². The van der Waals surface area contributed by atoms with E-state index in [0.717, 1.165) is 0 Å². The number of carbonyl (C=O) groups is 5. The van der Waals surface area contributed by atoms with Gasteiger partial charge >= 0.3 is 5.97 Å². The van der Waals surface area contributed by atoms with E-state index in [4.69, 9.17) is 5.73 Å². The van der Waals surface area contributed by atoms with Crippen LogP contribution >= 0.6 is 11.8 Å². The number of hydrogen-bond acceptors (Lipinski definition) is 7. The Morgan fingerprint density at radius 2 is 1.03 bits per heavy atom. The van der Waals surface area contributed by atoms with Crippen LogP contribution in [0.15, 0.2) is 0 Å². The fraction of sp³-hybridized carbons (Fsp3) is 0.792. The first-order valence-corrected chi connectivity index (χ1v) is 14.1. The van der Waals surface area contributed by atoms with E-state index >= 15 is 0 Å². The van der Waals surface area contributed by atoms with E-state index < -0.39 is 59.8 Å². The summed E-state index contributed by atoms with van der Waals surface area (Å²) in [6, 6.07) is -4.49. The molecule has 0 aliphatic rings. The lowest BCUT2D eigenvalue weighted by Gasteiger charge is -2.26. The highest BCUT2D eigenvalue weighted by molar-refractivity contribution is 7.98. The summed E-state index contributed by atoms with van der Waals surface area (Å²) >= 11 is 1.50. The van der Waals surface area contributed by atoms with Crippen molar-refractivity contribution in [1.29, 1.82) is 0 Å². The predicted octanol–water partition coefficient (Wildman–Crippen LogP) is 0.901. The summed E-state index contributed by atoms with van der Waals surface area (Å²) in [4.78, 5) is 62.6. The van der Waals surface area contributed by atoms with Gasteiger partial charge in [-0.1, -0.05) is 47.0 Å². The molecule has 0 spiro atoms. The third kappa shape index (κ3) is 12.6. The Balaban J connectivity index is 5.53. The molecule has 12 heteroatoms. The molecule has 36 heavy (non-hydrogen) atoms. The molecule has 0 rings (SSSR count). The van der Waals surface area contributed by atoms with Crippen molar-refractivity contribution < 1.29 is 29.1 Å².